The van der Waals surface area contributed by atoms with Crippen molar-refractivity contribution < 1.29 is 4.79 Å². The second-order valence-electron chi connectivity index (χ2n) is 6.58. The molecule has 0 radical (unpaired) electrons. The first-order chi connectivity index (χ1) is 14.3. The number of benzene rings is 1. The van der Waals surface area contributed by atoms with E-state index in [-0.39, 0.29) is 5.91 Å². The number of hydrogen-bond donors (Lipinski definition) is 1. The lowest BCUT2D eigenvalue weighted by molar-refractivity contribution is 0.102. The summed E-state index contributed by atoms with van der Waals surface area (Å²) < 4.78 is 3.81. The molecule has 1 N–H and O–H groups in total. The molecule has 29 heavy (non-hydrogen) atoms. The molecule has 0 aliphatic heterocycles. The first-order valence-corrected chi connectivity index (χ1v) is 9.22. The number of carbonyl (C=O) groups excluding carboxylic acids is 1. The minimum atomic E-state index is -0.185. The average Bonchev–Trinajstić information content (AvgIpc) is 3.40. The van der Waals surface area contributed by atoms with Crippen LogP contribution in [-0.2, 0) is 0 Å². The van der Waals surface area contributed by atoms with E-state index < -0.39 is 0 Å². The molecule has 0 saturated carbocycles. The first kappa shape index (κ1) is 16.9. The van der Waals surface area contributed by atoms with E-state index in [1.54, 1.807) is 18.5 Å². The second-order valence-corrected chi connectivity index (χ2v) is 6.58. The standard InChI is InChI=1S/C23H17N5O/c29-23(25-17-7-6-12-24-16-17)19-15-22(27-13-5-4-10-21(19)27)20-11-14-28(26-20)18-8-2-1-3-9-18/h1-16H,(H,25,29). The van der Waals surface area contributed by atoms with E-state index in [1.165, 1.54) is 0 Å². The monoisotopic (exact) mass is 379 g/mol. The number of carbonyl (C=O) groups is 1. The molecule has 1 aromatic carbocycles. The molecular weight excluding hydrogens is 362 g/mol. The fourth-order valence-corrected chi connectivity index (χ4v) is 3.35. The highest BCUT2D eigenvalue weighted by molar-refractivity contribution is 6.10. The Morgan fingerprint density at radius 3 is 2.59 bits per heavy atom. The van der Waals surface area contributed by atoms with Gasteiger partial charge in [0, 0.05) is 18.6 Å². The van der Waals surface area contributed by atoms with Crippen molar-refractivity contribution in [3.63, 3.8) is 0 Å². The molecule has 0 spiro atoms. The van der Waals surface area contributed by atoms with Gasteiger partial charge in [0.15, 0.2) is 0 Å². The number of amides is 1. The van der Waals surface area contributed by atoms with Crippen LogP contribution in [0.15, 0.2) is 97.6 Å². The minimum Gasteiger partial charge on any atom is -0.321 e. The number of pyridine rings is 2. The number of anilines is 1. The van der Waals surface area contributed by atoms with Crippen molar-refractivity contribution in [3.05, 3.63) is 103 Å². The molecule has 5 rings (SSSR count). The third-order valence-electron chi connectivity index (χ3n) is 4.71. The Morgan fingerprint density at radius 2 is 1.76 bits per heavy atom. The summed E-state index contributed by atoms with van der Waals surface area (Å²) in [6.07, 6.45) is 7.15. The number of aromatic nitrogens is 4. The zero-order valence-electron chi connectivity index (χ0n) is 15.4. The van der Waals surface area contributed by atoms with E-state index in [0.29, 0.717) is 11.3 Å². The Bertz CT molecular complexity index is 1290. The quantitative estimate of drug-likeness (QED) is 0.502. The Morgan fingerprint density at radius 1 is 0.897 bits per heavy atom. The molecule has 140 valence electrons. The molecule has 4 heterocycles. The first-order valence-electron chi connectivity index (χ1n) is 9.22. The van der Waals surface area contributed by atoms with Crippen LogP contribution < -0.4 is 5.32 Å². The summed E-state index contributed by atoms with van der Waals surface area (Å²) >= 11 is 0. The van der Waals surface area contributed by atoms with E-state index in [2.05, 4.69) is 10.3 Å². The molecule has 1 amide bonds. The maximum atomic E-state index is 12.9. The smallest absolute Gasteiger partial charge is 0.257 e. The molecule has 6 nitrogen and oxygen atoms in total. The van der Waals surface area contributed by atoms with Gasteiger partial charge in [0.1, 0.15) is 5.69 Å². The molecular formula is C23H17N5O. The van der Waals surface area contributed by atoms with Crippen LogP contribution >= 0.6 is 0 Å². The fourth-order valence-electron chi connectivity index (χ4n) is 3.35. The lowest BCUT2D eigenvalue weighted by atomic mass is 10.2. The molecule has 6 heteroatoms. The summed E-state index contributed by atoms with van der Waals surface area (Å²) in [6.45, 7) is 0. The Balaban J connectivity index is 1.56. The van der Waals surface area contributed by atoms with Gasteiger partial charge in [-0.05, 0) is 48.5 Å². The van der Waals surface area contributed by atoms with Gasteiger partial charge in [-0.25, -0.2) is 4.68 Å². The van der Waals surface area contributed by atoms with Crippen molar-refractivity contribution in [2.45, 2.75) is 0 Å². The normalized spacial score (nSPS) is 10.9. The number of fused-ring (bicyclic) bond motifs is 1. The number of nitrogens with one attached hydrogen (secondary N) is 1. The van der Waals surface area contributed by atoms with E-state index in [4.69, 9.17) is 5.10 Å². The molecule has 0 saturated heterocycles. The van der Waals surface area contributed by atoms with E-state index in [9.17, 15) is 4.79 Å². The van der Waals surface area contributed by atoms with Crippen LogP contribution in [0.4, 0.5) is 5.69 Å². The van der Waals surface area contributed by atoms with Crippen LogP contribution in [0.5, 0.6) is 0 Å². The molecule has 0 aliphatic rings. The van der Waals surface area contributed by atoms with Crippen molar-refractivity contribution in [1.29, 1.82) is 0 Å². The van der Waals surface area contributed by atoms with Crippen molar-refractivity contribution in [1.82, 2.24) is 19.2 Å². The maximum Gasteiger partial charge on any atom is 0.257 e. The third-order valence-corrected chi connectivity index (χ3v) is 4.71. The SMILES string of the molecule is O=C(Nc1cccnc1)c1cc(-c2ccn(-c3ccccc3)n2)n2ccccc12. The molecule has 0 fully saturated rings. The van der Waals surface area contributed by atoms with Crippen LogP contribution in [-0.4, -0.2) is 25.1 Å². The molecule has 0 atom stereocenters. The zero-order chi connectivity index (χ0) is 19.6. The van der Waals surface area contributed by atoms with Gasteiger partial charge < -0.3 is 9.72 Å². The summed E-state index contributed by atoms with van der Waals surface area (Å²) in [7, 11) is 0. The predicted octanol–water partition coefficient (Wildman–Crippen LogP) is 4.44. The fraction of sp³-hybridized carbons (Fsp3) is 0. The van der Waals surface area contributed by atoms with Gasteiger partial charge in [-0.1, -0.05) is 24.3 Å². The number of hydrogen-bond acceptors (Lipinski definition) is 3. The van der Waals surface area contributed by atoms with Crippen LogP contribution in [0, 0.1) is 0 Å². The minimum absolute atomic E-state index is 0.185. The third kappa shape index (κ3) is 3.17. The van der Waals surface area contributed by atoms with E-state index >= 15 is 0 Å². The van der Waals surface area contributed by atoms with E-state index in [0.717, 1.165) is 22.6 Å². The zero-order valence-corrected chi connectivity index (χ0v) is 15.4. The summed E-state index contributed by atoms with van der Waals surface area (Å²) in [5.41, 5.74) is 4.68. The predicted molar refractivity (Wildman–Crippen MR) is 112 cm³/mol. The summed E-state index contributed by atoms with van der Waals surface area (Å²) in [6, 6.07) is 23.1. The van der Waals surface area contributed by atoms with E-state index in [1.807, 2.05) is 88.2 Å². The van der Waals surface area contributed by atoms with Crippen molar-refractivity contribution in [2.24, 2.45) is 0 Å². The van der Waals surface area contributed by atoms with Gasteiger partial charge in [0.2, 0.25) is 0 Å². The van der Waals surface area contributed by atoms with Crippen molar-refractivity contribution in [3.8, 4) is 17.1 Å². The summed E-state index contributed by atoms with van der Waals surface area (Å²) in [4.78, 5) is 17.0. The number of rotatable bonds is 4. The van der Waals surface area contributed by atoms with Gasteiger partial charge in [0.05, 0.1) is 34.3 Å². The Kier molecular flexibility index (Phi) is 4.14. The highest BCUT2D eigenvalue weighted by Crippen LogP contribution is 2.26. The van der Waals surface area contributed by atoms with Gasteiger partial charge in [-0.2, -0.15) is 5.10 Å². The molecule has 4 aromatic heterocycles. The maximum absolute atomic E-state index is 12.9. The lowest BCUT2D eigenvalue weighted by Gasteiger charge is -2.03. The lowest BCUT2D eigenvalue weighted by Crippen LogP contribution is -2.11. The Hall–Kier alpha value is -4.19. The van der Waals surface area contributed by atoms with Crippen LogP contribution in [0.1, 0.15) is 10.4 Å². The molecule has 0 bridgehead atoms. The number of para-hydroxylation sites is 1. The van der Waals surface area contributed by atoms with Gasteiger partial charge in [-0.3, -0.25) is 9.78 Å². The van der Waals surface area contributed by atoms with Gasteiger partial charge in [0.25, 0.3) is 5.91 Å². The van der Waals surface area contributed by atoms with Gasteiger partial charge in [-0.15, -0.1) is 0 Å². The molecule has 0 aliphatic carbocycles. The topological polar surface area (TPSA) is 64.2 Å². The Labute approximate surface area is 167 Å². The van der Waals surface area contributed by atoms with Crippen LogP contribution in [0.3, 0.4) is 0 Å². The molecule has 5 aromatic rings. The highest BCUT2D eigenvalue weighted by Gasteiger charge is 2.18. The van der Waals surface area contributed by atoms with Crippen molar-refractivity contribution >= 4 is 17.1 Å². The summed E-state index contributed by atoms with van der Waals surface area (Å²) in [5.74, 6) is -0.185. The van der Waals surface area contributed by atoms with Crippen molar-refractivity contribution in [2.75, 3.05) is 5.32 Å². The highest BCUT2D eigenvalue weighted by atomic mass is 16.1. The number of nitrogens with zero attached hydrogens (tertiary/aromatic N) is 4. The average molecular weight is 379 g/mol. The second kappa shape index (κ2) is 7.09. The molecule has 0 unspecified atom stereocenters. The van der Waals surface area contributed by atoms with Crippen LogP contribution in [0.25, 0.3) is 22.6 Å². The van der Waals surface area contributed by atoms with Gasteiger partial charge >= 0.3 is 0 Å². The van der Waals surface area contributed by atoms with Crippen LogP contribution in [0.2, 0.25) is 0 Å². The summed E-state index contributed by atoms with van der Waals surface area (Å²) in [5, 5.41) is 7.62. The largest absolute Gasteiger partial charge is 0.321 e.